The molecule has 0 saturated heterocycles. The van der Waals surface area contributed by atoms with E-state index in [-0.39, 0.29) is 10.8 Å². The van der Waals surface area contributed by atoms with Crippen LogP contribution in [0.15, 0.2) is 35.2 Å². The molecule has 0 bridgehead atoms. The molecule has 1 heterocycles. The fourth-order valence-corrected chi connectivity index (χ4v) is 2.87. The van der Waals surface area contributed by atoms with Gasteiger partial charge in [-0.05, 0) is 38.8 Å². The number of hydrogen-bond donors (Lipinski definition) is 0. The fourth-order valence-electron chi connectivity index (χ4n) is 1.99. The molecule has 1 aliphatic carbocycles. The summed E-state index contributed by atoms with van der Waals surface area (Å²) in [7, 11) is -3.86. The quantitative estimate of drug-likeness (QED) is 0.812. The lowest BCUT2D eigenvalue weighted by Crippen LogP contribution is -2.12. The van der Waals surface area contributed by atoms with Crippen molar-refractivity contribution >= 4 is 10.1 Å². The van der Waals surface area contributed by atoms with E-state index in [1.807, 2.05) is 6.92 Å². The molecule has 0 amide bonds. The molecule has 2 aromatic rings. The van der Waals surface area contributed by atoms with Gasteiger partial charge in [-0.2, -0.15) is 13.4 Å². The first-order valence-electron chi connectivity index (χ1n) is 6.81. The Morgan fingerprint density at radius 3 is 2.38 bits per heavy atom. The molecule has 5 nitrogen and oxygen atoms in total. The van der Waals surface area contributed by atoms with Gasteiger partial charge < -0.3 is 4.18 Å². The summed E-state index contributed by atoms with van der Waals surface area (Å²) in [6.45, 7) is 3.70. The van der Waals surface area contributed by atoms with Crippen LogP contribution in [0.5, 0.6) is 5.88 Å². The first-order chi connectivity index (χ1) is 9.94. The summed E-state index contributed by atoms with van der Waals surface area (Å²) in [5.41, 5.74) is 1.70. The van der Waals surface area contributed by atoms with Crippen LogP contribution in [-0.4, -0.2) is 18.4 Å². The van der Waals surface area contributed by atoms with E-state index in [4.69, 9.17) is 4.18 Å². The Morgan fingerprint density at radius 1 is 1.10 bits per heavy atom. The van der Waals surface area contributed by atoms with Crippen LogP contribution in [0.2, 0.25) is 0 Å². The summed E-state index contributed by atoms with van der Waals surface area (Å²) in [5, 5.41) is 0. The molecular formula is C15H16N2O3S. The first-order valence-corrected chi connectivity index (χ1v) is 8.21. The molecule has 110 valence electrons. The maximum atomic E-state index is 12.2. The van der Waals surface area contributed by atoms with Crippen molar-refractivity contribution < 1.29 is 12.6 Å². The third-order valence-corrected chi connectivity index (χ3v) is 4.53. The maximum Gasteiger partial charge on any atom is 0.340 e. The van der Waals surface area contributed by atoms with Crippen LogP contribution in [0.1, 0.15) is 35.8 Å². The normalized spacial score (nSPS) is 15.0. The molecule has 1 aliphatic rings. The number of benzene rings is 1. The van der Waals surface area contributed by atoms with Crippen molar-refractivity contribution in [2.24, 2.45) is 0 Å². The lowest BCUT2D eigenvalue weighted by Gasteiger charge is -2.08. The van der Waals surface area contributed by atoms with Crippen LogP contribution >= 0.6 is 0 Å². The van der Waals surface area contributed by atoms with E-state index in [9.17, 15) is 8.42 Å². The summed E-state index contributed by atoms with van der Waals surface area (Å²) < 4.78 is 29.6. The average Bonchev–Trinajstić information content (AvgIpc) is 3.22. The Kier molecular flexibility index (Phi) is 3.41. The third-order valence-electron chi connectivity index (χ3n) is 3.30. The van der Waals surface area contributed by atoms with Crippen LogP contribution in [0.3, 0.4) is 0 Å². The lowest BCUT2D eigenvalue weighted by molar-refractivity contribution is 0.473. The van der Waals surface area contributed by atoms with Gasteiger partial charge in [0.25, 0.3) is 0 Å². The van der Waals surface area contributed by atoms with Crippen molar-refractivity contribution in [2.75, 3.05) is 0 Å². The Balaban J connectivity index is 1.90. The number of nitrogens with zero attached hydrogens (tertiary/aromatic N) is 2. The molecule has 1 saturated carbocycles. The molecule has 0 radical (unpaired) electrons. The molecule has 0 N–H and O–H groups in total. The zero-order valence-corrected chi connectivity index (χ0v) is 12.7. The van der Waals surface area contributed by atoms with Crippen molar-refractivity contribution in [3.05, 3.63) is 47.4 Å². The monoisotopic (exact) mass is 304 g/mol. The molecule has 1 fully saturated rings. The summed E-state index contributed by atoms with van der Waals surface area (Å²) >= 11 is 0. The maximum absolute atomic E-state index is 12.2. The number of rotatable bonds is 4. The smallest absolute Gasteiger partial charge is 0.340 e. The molecule has 0 unspecified atom stereocenters. The SMILES string of the molecule is Cc1ccc(S(=O)(=O)Oc2cc(C)nc(C3CC3)n2)cc1. The second kappa shape index (κ2) is 5.11. The molecule has 3 rings (SSSR count). The molecule has 21 heavy (non-hydrogen) atoms. The Hall–Kier alpha value is -1.95. The fraction of sp³-hybridized carbons (Fsp3) is 0.333. The van der Waals surface area contributed by atoms with Gasteiger partial charge in [-0.25, -0.2) is 4.98 Å². The minimum absolute atomic E-state index is 0.0879. The van der Waals surface area contributed by atoms with E-state index in [0.29, 0.717) is 17.4 Å². The van der Waals surface area contributed by atoms with Gasteiger partial charge in [-0.15, -0.1) is 0 Å². The highest BCUT2D eigenvalue weighted by Crippen LogP contribution is 2.38. The van der Waals surface area contributed by atoms with Gasteiger partial charge in [0.05, 0.1) is 0 Å². The molecule has 1 aromatic heterocycles. The highest BCUT2D eigenvalue weighted by Gasteiger charge is 2.28. The Bertz CT molecular complexity index is 766. The Morgan fingerprint density at radius 2 is 1.76 bits per heavy atom. The van der Waals surface area contributed by atoms with E-state index < -0.39 is 10.1 Å². The van der Waals surface area contributed by atoms with Crippen molar-refractivity contribution in [3.8, 4) is 5.88 Å². The molecule has 0 spiro atoms. The summed E-state index contributed by atoms with van der Waals surface area (Å²) in [6.07, 6.45) is 2.10. The van der Waals surface area contributed by atoms with Crippen LogP contribution in [0, 0.1) is 13.8 Å². The largest absolute Gasteiger partial charge is 0.358 e. The topological polar surface area (TPSA) is 69.2 Å². The third kappa shape index (κ3) is 3.21. The summed E-state index contributed by atoms with van der Waals surface area (Å²) in [6, 6.07) is 8.06. The molecule has 6 heteroatoms. The van der Waals surface area contributed by atoms with Crippen LogP contribution in [-0.2, 0) is 10.1 Å². The Labute approximate surface area is 124 Å². The van der Waals surface area contributed by atoms with E-state index >= 15 is 0 Å². The second-order valence-electron chi connectivity index (χ2n) is 5.33. The highest BCUT2D eigenvalue weighted by molar-refractivity contribution is 7.87. The number of aryl methyl sites for hydroxylation is 2. The van der Waals surface area contributed by atoms with Gasteiger partial charge >= 0.3 is 10.1 Å². The van der Waals surface area contributed by atoms with Crippen LogP contribution in [0.4, 0.5) is 0 Å². The standard InChI is InChI=1S/C15H16N2O3S/c1-10-3-7-13(8-4-10)21(18,19)20-14-9-11(2)16-15(17-14)12-5-6-12/h3-4,7-9,12H,5-6H2,1-2H3. The van der Waals surface area contributed by atoms with E-state index in [1.165, 1.54) is 18.2 Å². The molecule has 0 aliphatic heterocycles. The minimum atomic E-state index is -3.86. The van der Waals surface area contributed by atoms with Crippen molar-refractivity contribution in [3.63, 3.8) is 0 Å². The van der Waals surface area contributed by atoms with Gasteiger partial charge in [0.1, 0.15) is 10.7 Å². The van der Waals surface area contributed by atoms with Gasteiger partial charge in [-0.3, -0.25) is 0 Å². The van der Waals surface area contributed by atoms with Crippen LogP contribution < -0.4 is 4.18 Å². The average molecular weight is 304 g/mol. The zero-order chi connectivity index (χ0) is 15.0. The first kappa shape index (κ1) is 14.0. The van der Waals surface area contributed by atoms with E-state index in [2.05, 4.69) is 9.97 Å². The molecular weight excluding hydrogens is 288 g/mol. The van der Waals surface area contributed by atoms with E-state index in [1.54, 1.807) is 19.1 Å². The van der Waals surface area contributed by atoms with Crippen molar-refractivity contribution in [1.82, 2.24) is 9.97 Å². The van der Waals surface area contributed by atoms with Crippen molar-refractivity contribution in [1.29, 1.82) is 0 Å². The number of hydrogen-bond acceptors (Lipinski definition) is 5. The van der Waals surface area contributed by atoms with E-state index in [0.717, 1.165) is 18.4 Å². The zero-order valence-electron chi connectivity index (χ0n) is 11.9. The number of aromatic nitrogens is 2. The molecule has 1 aromatic carbocycles. The van der Waals surface area contributed by atoms with Gasteiger partial charge in [0, 0.05) is 17.7 Å². The van der Waals surface area contributed by atoms with Crippen molar-refractivity contribution in [2.45, 2.75) is 37.5 Å². The van der Waals surface area contributed by atoms with Gasteiger partial charge in [0.2, 0.25) is 5.88 Å². The predicted molar refractivity (Wildman–Crippen MR) is 77.7 cm³/mol. The minimum Gasteiger partial charge on any atom is -0.358 e. The lowest BCUT2D eigenvalue weighted by atomic mass is 10.2. The predicted octanol–water partition coefficient (Wildman–Crippen LogP) is 2.74. The second-order valence-corrected chi connectivity index (χ2v) is 6.88. The van der Waals surface area contributed by atoms with Gasteiger partial charge in [0.15, 0.2) is 0 Å². The summed E-state index contributed by atoms with van der Waals surface area (Å²) in [5.74, 6) is 1.10. The molecule has 0 atom stereocenters. The highest BCUT2D eigenvalue weighted by atomic mass is 32.2. The van der Waals surface area contributed by atoms with Gasteiger partial charge in [-0.1, -0.05) is 17.7 Å². The van der Waals surface area contributed by atoms with Crippen LogP contribution in [0.25, 0.3) is 0 Å². The summed E-state index contributed by atoms with van der Waals surface area (Å²) in [4.78, 5) is 8.66.